The monoisotopic (exact) mass is 248 g/mol. The minimum atomic E-state index is 0. The van der Waals surface area contributed by atoms with Gasteiger partial charge in [-0.15, -0.1) is 0 Å². The third kappa shape index (κ3) is 2.92. The number of thiazole rings is 1. The van der Waals surface area contributed by atoms with Crippen LogP contribution in [0, 0.1) is 25.2 Å². The Morgan fingerprint density at radius 2 is 2.17 bits per heavy atom. The second kappa shape index (κ2) is 6.15. The zero-order chi connectivity index (χ0) is 7.56. The molecule has 1 aromatic heterocycles. The lowest BCUT2D eigenvalue weighted by Gasteiger charge is -1.84. The van der Waals surface area contributed by atoms with Gasteiger partial charge < -0.3 is 17.0 Å². The maximum absolute atomic E-state index is 8.39. The third-order valence-electron chi connectivity index (χ3n) is 1.54. The van der Waals surface area contributed by atoms with Crippen LogP contribution < -0.4 is 21.5 Å². The van der Waals surface area contributed by atoms with Gasteiger partial charge in [-0.25, -0.2) is 0 Å². The number of aromatic nitrogens is 1. The predicted octanol–water partition coefficient (Wildman–Crippen LogP) is -1.18. The van der Waals surface area contributed by atoms with E-state index in [1.165, 1.54) is 10.6 Å². The van der Waals surface area contributed by atoms with Crippen molar-refractivity contribution in [3.05, 3.63) is 16.1 Å². The molecule has 12 heavy (non-hydrogen) atoms. The lowest BCUT2D eigenvalue weighted by atomic mass is 10.4. The van der Waals surface area contributed by atoms with Crippen LogP contribution in [0.5, 0.6) is 0 Å². The Morgan fingerprint density at radius 3 is 2.50 bits per heavy atom. The van der Waals surface area contributed by atoms with Crippen LogP contribution in [0.15, 0.2) is 5.51 Å². The second-order valence-electron chi connectivity index (χ2n) is 2.15. The molecule has 0 fully saturated rings. The molecule has 0 saturated heterocycles. The van der Waals surface area contributed by atoms with Gasteiger partial charge in [-0.05, 0) is 6.92 Å². The molecule has 1 heterocycles. The molecule has 0 radical (unpaired) electrons. The number of hydrogen-bond donors (Lipinski definition) is 0. The Balaban J connectivity index is 0. The first-order valence-corrected chi connectivity index (χ1v) is 3.94. The summed E-state index contributed by atoms with van der Waals surface area (Å²) in [7, 11) is 0. The molecule has 0 aromatic carbocycles. The van der Waals surface area contributed by atoms with Crippen molar-refractivity contribution in [1.29, 1.82) is 5.26 Å². The summed E-state index contributed by atoms with van der Waals surface area (Å²) in [6.07, 6.45) is 0. The van der Waals surface area contributed by atoms with Crippen LogP contribution in [0.2, 0.25) is 0 Å². The number of rotatable bonds is 1. The molecule has 0 atom stereocenters. The van der Waals surface area contributed by atoms with Crippen molar-refractivity contribution < 1.29 is 21.5 Å². The molecular weight excluding hydrogens is 236 g/mol. The minimum absolute atomic E-state index is 0. The Labute approximate surface area is 88.2 Å². The molecule has 0 aliphatic rings. The maximum Gasteiger partial charge on any atom is 0.235 e. The average molecular weight is 249 g/mol. The summed E-state index contributed by atoms with van der Waals surface area (Å²) >= 11 is 1.68. The van der Waals surface area contributed by atoms with Crippen molar-refractivity contribution in [2.24, 2.45) is 0 Å². The zero-order valence-corrected chi connectivity index (χ0v) is 8.87. The largest absolute Gasteiger partial charge is 1.00 e. The summed E-state index contributed by atoms with van der Waals surface area (Å²) in [5.74, 6) is 0. The van der Waals surface area contributed by atoms with Crippen LogP contribution in [-0.2, 0) is 6.54 Å². The third-order valence-corrected chi connectivity index (χ3v) is 2.55. The molecule has 0 amide bonds. The van der Waals surface area contributed by atoms with E-state index in [2.05, 4.69) is 13.0 Å². The first kappa shape index (κ1) is 14.1. The van der Waals surface area contributed by atoms with Crippen molar-refractivity contribution in [1.82, 2.24) is 0 Å². The summed E-state index contributed by atoms with van der Waals surface area (Å²) in [6.45, 7) is 4.56. The summed E-state index contributed by atoms with van der Waals surface area (Å²) in [5, 5.41) is 8.39. The van der Waals surface area contributed by atoms with Gasteiger partial charge >= 0.3 is 0 Å². The van der Waals surface area contributed by atoms with Gasteiger partial charge in [0.1, 0.15) is 6.07 Å². The number of aryl methyl sites for hydroxylation is 1. The lowest BCUT2D eigenvalue weighted by molar-refractivity contribution is -0.686. The van der Waals surface area contributed by atoms with Crippen molar-refractivity contribution in [2.75, 3.05) is 0 Å². The summed E-state index contributed by atoms with van der Waals surface area (Å²) in [4.78, 5) is 1.29. The van der Waals surface area contributed by atoms with Crippen molar-refractivity contribution in [2.45, 2.75) is 27.8 Å². The van der Waals surface area contributed by atoms with Crippen molar-refractivity contribution in [3.63, 3.8) is 0 Å². The van der Waals surface area contributed by atoms with Gasteiger partial charge in [0, 0.05) is 6.92 Å². The van der Waals surface area contributed by atoms with E-state index < -0.39 is 0 Å². The smallest absolute Gasteiger partial charge is 0.235 e. The Kier molecular flexibility index (Phi) is 7.25. The van der Waals surface area contributed by atoms with E-state index in [9.17, 15) is 0 Å². The van der Waals surface area contributed by atoms with Crippen LogP contribution in [0.4, 0.5) is 0 Å². The van der Waals surface area contributed by atoms with Crippen LogP contribution >= 0.6 is 11.3 Å². The highest BCUT2D eigenvalue weighted by Crippen LogP contribution is 2.06. The molecule has 68 valence electrons. The Hall–Kier alpha value is -0.400. The molecule has 1 rings (SSSR count). The fraction of sp³-hybridized carbons (Fsp3) is 0.500. The van der Waals surface area contributed by atoms with E-state index in [1.807, 2.05) is 17.0 Å². The molecule has 0 spiro atoms. The number of halogens is 1. The quantitative estimate of drug-likeness (QED) is 0.575. The lowest BCUT2D eigenvalue weighted by Crippen LogP contribution is -3.00. The number of nitrogens with zero attached hydrogens (tertiary/aromatic N) is 2. The van der Waals surface area contributed by atoms with Gasteiger partial charge in [0.2, 0.25) is 12.1 Å². The summed E-state index contributed by atoms with van der Waals surface area (Å²) < 4.78 is 1.96. The highest BCUT2D eigenvalue weighted by Gasteiger charge is 2.09. The highest BCUT2D eigenvalue weighted by molar-refractivity contribution is 7.09. The van der Waals surface area contributed by atoms with Gasteiger partial charge in [-0.1, -0.05) is 18.8 Å². The van der Waals surface area contributed by atoms with Gasteiger partial charge in [-0.3, -0.25) is 0 Å². The average Bonchev–Trinajstić information content (AvgIpc) is 2.20. The van der Waals surface area contributed by atoms with E-state index in [1.54, 1.807) is 11.3 Å². The molecule has 0 bridgehead atoms. The molecule has 0 aliphatic carbocycles. The molecule has 0 N–H and O–H groups in total. The SMILES string of the molecule is C.Cc1sc[n+](CC#N)c1C.[Br-]. The zero-order valence-electron chi connectivity index (χ0n) is 6.47. The van der Waals surface area contributed by atoms with Gasteiger partial charge in [0.25, 0.3) is 0 Å². The molecule has 4 heteroatoms. The normalized spacial score (nSPS) is 7.75. The fourth-order valence-electron chi connectivity index (χ4n) is 0.741. The highest BCUT2D eigenvalue weighted by atomic mass is 79.9. The Bertz CT molecular complexity index is 275. The fourth-order valence-corrected chi connectivity index (χ4v) is 1.55. The van der Waals surface area contributed by atoms with Gasteiger partial charge in [-0.2, -0.15) is 9.83 Å². The molecular formula is C8H13BrN2S. The first-order chi connectivity index (χ1) is 4.75. The van der Waals surface area contributed by atoms with E-state index in [0.717, 1.165) is 0 Å². The summed E-state index contributed by atoms with van der Waals surface area (Å²) in [6, 6.07) is 2.11. The van der Waals surface area contributed by atoms with E-state index in [0.29, 0.717) is 6.54 Å². The molecule has 0 unspecified atom stereocenters. The first-order valence-electron chi connectivity index (χ1n) is 3.07. The van der Waals surface area contributed by atoms with E-state index >= 15 is 0 Å². The predicted molar refractivity (Wildman–Crippen MR) is 46.3 cm³/mol. The Morgan fingerprint density at radius 1 is 1.58 bits per heavy atom. The minimum Gasteiger partial charge on any atom is -1.00 e. The van der Waals surface area contributed by atoms with Crippen LogP contribution in [0.25, 0.3) is 0 Å². The van der Waals surface area contributed by atoms with Crippen LogP contribution in [-0.4, -0.2) is 0 Å². The number of hydrogen-bond acceptors (Lipinski definition) is 2. The van der Waals surface area contributed by atoms with Crippen LogP contribution in [0.1, 0.15) is 18.0 Å². The maximum atomic E-state index is 8.39. The molecule has 2 nitrogen and oxygen atoms in total. The number of nitriles is 1. The summed E-state index contributed by atoms with van der Waals surface area (Å²) in [5.41, 5.74) is 3.18. The molecule has 0 saturated carbocycles. The van der Waals surface area contributed by atoms with Gasteiger partial charge in [0.05, 0.1) is 4.88 Å². The van der Waals surface area contributed by atoms with E-state index in [-0.39, 0.29) is 24.4 Å². The molecule has 1 aromatic rings. The topological polar surface area (TPSA) is 27.7 Å². The standard InChI is InChI=1S/C7H9N2S.CH4.BrH/c1-6-7(2)10-5-9(6)4-3-8;;/h5H,4H2,1-2H3;1H4;1H/q+1;;/p-1. The second-order valence-corrected chi connectivity index (χ2v) is 3.21. The van der Waals surface area contributed by atoms with Crippen molar-refractivity contribution >= 4 is 11.3 Å². The van der Waals surface area contributed by atoms with Crippen LogP contribution in [0.3, 0.4) is 0 Å². The van der Waals surface area contributed by atoms with Gasteiger partial charge in [0.15, 0.2) is 5.69 Å². The van der Waals surface area contributed by atoms with E-state index in [4.69, 9.17) is 5.26 Å². The van der Waals surface area contributed by atoms with Crippen molar-refractivity contribution in [3.8, 4) is 6.07 Å². The molecule has 0 aliphatic heterocycles.